The summed E-state index contributed by atoms with van der Waals surface area (Å²) < 4.78 is 1.82. The van der Waals surface area contributed by atoms with Gasteiger partial charge in [0.1, 0.15) is 5.69 Å². The summed E-state index contributed by atoms with van der Waals surface area (Å²) in [6.45, 7) is 4.70. The fourth-order valence-corrected chi connectivity index (χ4v) is 3.45. The average Bonchev–Trinajstić information content (AvgIpc) is 3.34. The molecule has 2 aromatic carbocycles. The molecule has 0 fully saturated rings. The number of hydrogen-bond donors (Lipinski definition) is 1. The standard InChI is InChI=1S/C22H20N4OS/c1-15-3-7-17(8-4-15)13-26-14-19(21(27)24-22-23-11-12-28-22)20(25-26)18-9-5-16(2)6-10-18/h3-12,14H,13H2,1-2H3,(H,23,24,27). The largest absolute Gasteiger partial charge is 0.298 e. The van der Waals surface area contributed by atoms with Crippen molar-refractivity contribution in [2.45, 2.75) is 20.4 Å². The molecular weight excluding hydrogens is 368 g/mol. The van der Waals surface area contributed by atoms with Crippen LogP contribution >= 0.6 is 11.3 Å². The number of aryl methyl sites for hydroxylation is 2. The van der Waals surface area contributed by atoms with Crippen molar-refractivity contribution in [2.75, 3.05) is 5.32 Å². The highest BCUT2D eigenvalue weighted by Crippen LogP contribution is 2.24. The Hall–Kier alpha value is -3.25. The van der Waals surface area contributed by atoms with E-state index in [1.807, 2.05) is 41.3 Å². The van der Waals surface area contributed by atoms with Gasteiger partial charge in [-0.05, 0) is 19.4 Å². The van der Waals surface area contributed by atoms with Gasteiger partial charge in [-0.1, -0.05) is 59.7 Å². The second-order valence-corrected chi connectivity index (χ2v) is 7.63. The van der Waals surface area contributed by atoms with Crippen molar-refractivity contribution >= 4 is 22.4 Å². The predicted octanol–water partition coefficient (Wildman–Crippen LogP) is 4.92. The highest BCUT2D eigenvalue weighted by molar-refractivity contribution is 7.13. The number of carbonyl (C=O) groups is 1. The summed E-state index contributed by atoms with van der Waals surface area (Å²) in [6, 6.07) is 16.4. The second-order valence-electron chi connectivity index (χ2n) is 6.73. The Bertz CT molecular complexity index is 1080. The molecule has 0 aliphatic carbocycles. The van der Waals surface area contributed by atoms with Crippen LogP contribution < -0.4 is 5.32 Å². The number of amides is 1. The van der Waals surface area contributed by atoms with E-state index in [0.29, 0.717) is 22.9 Å². The molecule has 0 unspecified atom stereocenters. The summed E-state index contributed by atoms with van der Waals surface area (Å²) in [4.78, 5) is 17.0. The van der Waals surface area contributed by atoms with Crippen molar-refractivity contribution in [3.05, 3.63) is 88.6 Å². The third-order valence-electron chi connectivity index (χ3n) is 4.45. The first-order valence-electron chi connectivity index (χ1n) is 8.99. The third-order valence-corrected chi connectivity index (χ3v) is 5.14. The van der Waals surface area contributed by atoms with Crippen LogP contribution in [0.2, 0.25) is 0 Å². The molecule has 0 aliphatic heterocycles. The first-order chi connectivity index (χ1) is 13.6. The summed E-state index contributed by atoms with van der Waals surface area (Å²) >= 11 is 1.39. The third kappa shape index (κ3) is 4.02. The zero-order valence-electron chi connectivity index (χ0n) is 15.7. The SMILES string of the molecule is Cc1ccc(Cn2cc(C(=O)Nc3nccs3)c(-c3ccc(C)cc3)n2)cc1. The summed E-state index contributed by atoms with van der Waals surface area (Å²) in [6.07, 6.45) is 3.47. The van der Waals surface area contributed by atoms with Gasteiger partial charge in [0.15, 0.2) is 5.13 Å². The van der Waals surface area contributed by atoms with Gasteiger partial charge >= 0.3 is 0 Å². The van der Waals surface area contributed by atoms with Crippen LogP contribution in [0.3, 0.4) is 0 Å². The Morgan fingerprint density at radius 2 is 1.71 bits per heavy atom. The maximum absolute atomic E-state index is 12.9. The van der Waals surface area contributed by atoms with Crippen LogP contribution in [0, 0.1) is 13.8 Å². The summed E-state index contributed by atoms with van der Waals surface area (Å²) in [5.41, 5.74) is 5.63. The molecule has 0 aliphatic rings. The molecule has 0 atom stereocenters. The molecule has 0 spiro atoms. The first-order valence-corrected chi connectivity index (χ1v) is 9.87. The van der Waals surface area contributed by atoms with Gasteiger partial charge < -0.3 is 0 Å². The Kier molecular flexibility index (Phi) is 5.04. The van der Waals surface area contributed by atoms with Gasteiger partial charge in [-0.15, -0.1) is 11.3 Å². The molecule has 0 saturated heterocycles. The zero-order chi connectivity index (χ0) is 19.5. The maximum atomic E-state index is 12.9. The van der Waals surface area contributed by atoms with Gasteiger partial charge in [0.25, 0.3) is 5.91 Å². The molecule has 0 radical (unpaired) electrons. The number of thiazole rings is 1. The quantitative estimate of drug-likeness (QED) is 0.528. The van der Waals surface area contributed by atoms with Crippen LogP contribution in [0.15, 0.2) is 66.3 Å². The van der Waals surface area contributed by atoms with Gasteiger partial charge in [0, 0.05) is 23.3 Å². The highest BCUT2D eigenvalue weighted by atomic mass is 32.1. The molecule has 140 valence electrons. The molecule has 1 N–H and O–H groups in total. The molecule has 4 aromatic rings. The van der Waals surface area contributed by atoms with Crippen molar-refractivity contribution in [1.82, 2.24) is 14.8 Å². The Morgan fingerprint density at radius 1 is 1.04 bits per heavy atom. The lowest BCUT2D eigenvalue weighted by Gasteiger charge is -2.03. The van der Waals surface area contributed by atoms with E-state index >= 15 is 0 Å². The van der Waals surface area contributed by atoms with Crippen molar-refractivity contribution in [3.63, 3.8) is 0 Å². The van der Waals surface area contributed by atoms with E-state index in [4.69, 9.17) is 5.10 Å². The van der Waals surface area contributed by atoms with Crippen molar-refractivity contribution in [2.24, 2.45) is 0 Å². The number of anilines is 1. The van der Waals surface area contributed by atoms with Gasteiger partial charge in [-0.25, -0.2) is 4.98 Å². The Labute approximate surface area is 167 Å². The number of carbonyl (C=O) groups excluding carboxylic acids is 1. The molecule has 0 saturated carbocycles. The van der Waals surface area contributed by atoms with E-state index in [1.165, 1.54) is 16.9 Å². The fourth-order valence-electron chi connectivity index (χ4n) is 2.92. The highest BCUT2D eigenvalue weighted by Gasteiger charge is 2.19. The lowest BCUT2D eigenvalue weighted by atomic mass is 10.1. The van der Waals surface area contributed by atoms with E-state index in [2.05, 4.69) is 41.5 Å². The van der Waals surface area contributed by atoms with Crippen LogP contribution in [0.1, 0.15) is 27.0 Å². The van der Waals surface area contributed by atoms with Crippen molar-refractivity contribution in [3.8, 4) is 11.3 Å². The van der Waals surface area contributed by atoms with Crippen LogP contribution in [-0.4, -0.2) is 20.7 Å². The lowest BCUT2D eigenvalue weighted by molar-refractivity contribution is 0.102. The van der Waals surface area contributed by atoms with Crippen LogP contribution in [-0.2, 0) is 6.54 Å². The number of nitrogens with zero attached hydrogens (tertiary/aromatic N) is 3. The van der Waals surface area contributed by atoms with Gasteiger partial charge in [0.05, 0.1) is 12.1 Å². The van der Waals surface area contributed by atoms with Gasteiger partial charge in [-0.2, -0.15) is 5.10 Å². The minimum Gasteiger partial charge on any atom is -0.298 e. The number of benzene rings is 2. The van der Waals surface area contributed by atoms with Crippen LogP contribution in [0.5, 0.6) is 0 Å². The first kappa shape index (κ1) is 18.1. The van der Waals surface area contributed by atoms with Gasteiger partial charge in [0.2, 0.25) is 0 Å². The average molecular weight is 388 g/mol. The van der Waals surface area contributed by atoms with E-state index in [0.717, 1.165) is 16.7 Å². The predicted molar refractivity (Wildman–Crippen MR) is 113 cm³/mol. The number of aromatic nitrogens is 3. The van der Waals surface area contributed by atoms with E-state index < -0.39 is 0 Å². The second kappa shape index (κ2) is 7.78. The minimum absolute atomic E-state index is 0.208. The maximum Gasteiger partial charge on any atom is 0.261 e. The monoisotopic (exact) mass is 388 g/mol. The minimum atomic E-state index is -0.208. The molecular formula is C22H20N4OS. The molecule has 6 heteroatoms. The topological polar surface area (TPSA) is 59.8 Å². The summed E-state index contributed by atoms with van der Waals surface area (Å²) in [5.74, 6) is -0.208. The molecule has 2 aromatic heterocycles. The Balaban J connectivity index is 1.69. The molecule has 4 rings (SSSR count). The van der Waals surface area contributed by atoms with Crippen molar-refractivity contribution < 1.29 is 4.79 Å². The van der Waals surface area contributed by atoms with E-state index in [-0.39, 0.29) is 5.91 Å². The van der Waals surface area contributed by atoms with Gasteiger partial charge in [-0.3, -0.25) is 14.8 Å². The van der Waals surface area contributed by atoms with Crippen molar-refractivity contribution in [1.29, 1.82) is 0 Å². The molecule has 28 heavy (non-hydrogen) atoms. The molecule has 1 amide bonds. The summed E-state index contributed by atoms with van der Waals surface area (Å²) in [7, 11) is 0. The van der Waals surface area contributed by atoms with Crippen LogP contribution in [0.25, 0.3) is 11.3 Å². The number of nitrogens with one attached hydrogen (secondary N) is 1. The van der Waals surface area contributed by atoms with Crippen LogP contribution in [0.4, 0.5) is 5.13 Å². The molecule has 2 heterocycles. The Morgan fingerprint density at radius 3 is 2.36 bits per heavy atom. The lowest BCUT2D eigenvalue weighted by Crippen LogP contribution is -2.12. The molecule has 0 bridgehead atoms. The normalized spacial score (nSPS) is 10.8. The van der Waals surface area contributed by atoms with E-state index in [1.54, 1.807) is 12.4 Å². The summed E-state index contributed by atoms with van der Waals surface area (Å²) in [5, 5.41) is 9.98. The fraction of sp³-hybridized carbons (Fsp3) is 0.136. The molecule has 5 nitrogen and oxygen atoms in total. The number of rotatable bonds is 5. The number of hydrogen-bond acceptors (Lipinski definition) is 4. The smallest absolute Gasteiger partial charge is 0.261 e. The van der Waals surface area contributed by atoms with E-state index in [9.17, 15) is 4.79 Å². The zero-order valence-corrected chi connectivity index (χ0v) is 16.5.